The second-order valence-electron chi connectivity index (χ2n) is 5.23. The van der Waals surface area contributed by atoms with Crippen molar-refractivity contribution in [1.29, 1.82) is 0 Å². The average Bonchev–Trinajstić information content (AvgIpc) is 2.53. The predicted molar refractivity (Wildman–Crippen MR) is 84.0 cm³/mol. The number of carboxylic acid groups (broad SMARTS) is 1. The van der Waals surface area contributed by atoms with Crippen molar-refractivity contribution in [3.05, 3.63) is 44.6 Å². The maximum atomic E-state index is 12.4. The van der Waals surface area contributed by atoms with Crippen LogP contribution in [0.3, 0.4) is 0 Å². The molecule has 0 aliphatic heterocycles. The Bertz CT molecular complexity index is 935. The molecule has 0 spiro atoms. The molecule has 0 aliphatic carbocycles. The molecule has 0 aliphatic rings. The van der Waals surface area contributed by atoms with Crippen LogP contribution >= 0.6 is 0 Å². The number of halogens is 2. The first-order chi connectivity index (χ1) is 11.7. The largest absolute Gasteiger partial charge is 0.480 e. The Morgan fingerprint density at radius 2 is 2.00 bits per heavy atom. The molecule has 0 saturated heterocycles. The topological polar surface area (TPSA) is 121 Å². The summed E-state index contributed by atoms with van der Waals surface area (Å²) in [5.41, 5.74) is -1.17. The first-order valence-electron chi connectivity index (χ1n) is 7.33. The smallest absolute Gasteiger partial charge is 0.328 e. The molecule has 1 aromatic carbocycles. The highest BCUT2D eigenvalue weighted by Crippen LogP contribution is 2.11. The van der Waals surface area contributed by atoms with Crippen molar-refractivity contribution in [2.24, 2.45) is 0 Å². The highest BCUT2D eigenvalue weighted by Gasteiger charge is 2.24. The first-order valence-corrected chi connectivity index (χ1v) is 7.33. The number of amides is 1. The van der Waals surface area contributed by atoms with Gasteiger partial charge in [0.05, 0.1) is 10.9 Å². The average molecular weight is 355 g/mol. The minimum atomic E-state index is -2.90. The minimum Gasteiger partial charge on any atom is -0.480 e. The van der Waals surface area contributed by atoms with Crippen LogP contribution in [0.25, 0.3) is 10.9 Å². The number of rotatable bonds is 6. The van der Waals surface area contributed by atoms with Crippen LogP contribution in [0.4, 0.5) is 8.78 Å². The molecule has 0 fully saturated rings. The zero-order valence-electron chi connectivity index (χ0n) is 13.1. The van der Waals surface area contributed by atoms with E-state index in [1.165, 1.54) is 18.2 Å². The van der Waals surface area contributed by atoms with Gasteiger partial charge in [0.25, 0.3) is 11.5 Å². The van der Waals surface area contributed by atoms with Gasteiger partial charge >= 0.3 is 11.7 Å². The lowest BCUT2D eigenvalue weighted by Gasteiger charge is -2.14. The van der Waals surface area contributed by atoms with Gasteiger partial charge in [0.2, 0.25) is 6.43 Å². The van der Waals surface area contributed by atoms with E-state index in [-0.39, 0.29) is 23.0 Å². The number of carboxylic acids is 1. The standard InChI is InChI=1S/C15H15F2N3O5/c1-2-20-13(22)8-4-3-7(5-9(8)19-15(20)25)12(21)18-10(14(23)24)6-11(16)17/h3-5,10-11H,2,6H2,1H3,(H,18,21)(H,19,25)(H,23,24). The fourth-order valence-electron chi connectivity index (χ4n) is 2.32. The van der Waals surface area contributed by atoms with Crippen molar-refractivity contribution in [3.63, 3.8) is 0 Å². The van der Waals surface area contributed by atoms with Crippen molar-refractivity contribution in [3.8, 4) is 0 Å². The first kappa shape index (κ1) is 18.3. The number of carbonyl (C=O) groups is 2. The third kappa shape index (κ3) is 3.90. The second kappa shape index (κ2) is 7.24. The molecule has 0 saturated carbocycles. The lowest BCUT2D eigenvalue weighted by molar-refractivity contribution is -0.140. The fourth-order valence-corrected chi connectivity index (χ4v) is 2.32. The van der Waals surface area contributed by atoms with E-state index in [0.717, 1.165) is 4.57 Å². The van der Waals surface area contributed by atoms with Crippen LogP contribution in [-0.4, -0.2) is 39.0 Å². The summed E-state index contributed by atoms with van der Waals surface area (Å²) in [6.07, 6.45) is -3.94. The summed E-state index contributed by atoms with van der Waals surface area (Å²) in [5.74, 6) is -2.50. The monoisotopic (exact) mass is 355 g/mol. The number of benzene rings is 1. The van der Waals surface area contributed by atoms with Crippen LogP contribution in [-0.2, 0) is 11.3 Å². The Balaban J connectivity index is 2.38. The number of alkyl halides is 2. The van der Waals surface area contributed by atoms with Gasteiger partial charge in [-0.15, -0.1) is 0 Å². The van der Waals surface area contributed by atoms with Crippen molar-refractivity contribution < 1.29 is 23.5 Å². The summed E-state index contributed by atoms with van der Waals surface area (Å²) in [4.78, 5) is 49.4. The maximum absolute atomic E-state index is 12.4. The molecular weight excluding hydrogens is 340 g/mol. The summed E-state index contributed by atoms with van der Waals surface area (Å²) < 4.78 is 25.7. The maximum Gasteiger partial charge on any atom is 0.328 e. The van der Waals surface area contributed by atoms with Gasteiger partial charge in [0, 0.05) is 18.5 Å². The molecule has 8 nitrogen and oxygen atoms in total. The van der Waals surface area contributed by atoms with E-state index in [9.17, 15) is 28.0 Å². The molecule has 0 radical (unpaired) electrons. The zero-order valence-corrected chi connectivity index (χ0v) is 13.1. The lowest BCUT2D eigenvalue weighted by atomic mass is 10.1. The molecule has 1 amide bonds. The third-order valence-corrected chi connectivity index (χ3v) is 3.58. The number of hydrogen-bond acceptors (Lipinski definition) is 4. The van der Waals surface area contributed by atoms with Crippen LogP contribution < -0.4 is 16.6 Å². The van der Waals surface area contributed by atoms with Gasteiger partial charge in [-0.05, 0) is 25.1 Å². The number of aromatic amines is 1. The highest BCUT2D eigenvalue weighted by molar-refractivity contribution is 5.99. The SMILES string of the molecule is CCn1c(=O)[nH]c2cc(C(=O)NC(CC(F)F)C(=O)O)ccc2c1=O. The second-order valence-corrected chi connectivity index (χ2v) is 5.23. The van der Waals surface area contributed by atoms with E-state index in [2.05, 4.69) is 4.98 Å². The van der Waals surface area contributed by atoms with E-state index in [4.69, 9.17) is 5.11 Å². The summed E-state index contributed by atoms with van der Waals surface area (Å²) in [7, 11) is 0. The molecule has 3 N–H and O–H groups in total. The fraction of sp³-hybridized carbons (Fsp3) is 0.333. The molecular formula is C15H15F2N3O5. The molecule has 25 heavy (non-hydrogen) atoms. The quantitative estimate of drug-likeness (QED) is 0.699. The van der Waals surface area contributed by atoms with Crippen molar-refractivity contribution in [2.75, 3.05) is 0 Å². The van der Waals surface area contributed by atoms with E-state index in [1.807, 2.05) is 5.32 Å². The van der Waals surface area contributed by atoms with Crippen LogP contribution in [0.1, 0.15) is 23.7 Å². The number of aromatic nitrogens is 2. The number of fused-ring (bicyclic) bond motifs is 1. The van der Waals surface area contributed by atoms with Crippen molar-refractivity contribution >= 4 is 22.8 Å². The van der Waals surface area contributed by atoms with Crippen LogP contribution in [0, 0.1) is 0 Å². The van der Waals surface area contributed by atoms with Crippen LogP contribution in [0.2, 0.25) is 0 Å². The zero-order chi connectivity index (χ0) is 18.7. The normalized spacial score (nSPS) is 12.3. The molecule has 1 aromatic heterocycles. The number of aliphatic carboxylic acids is 1. The number of H-pyrrole nitrogens is 1. The van der Waals surface area contributed by atoms with Gasteiger partial charge in [-0.25, -0.2) is 18.4 Å². The summed E-state index contributed by atoms with van der Waals surface area (Å²) in [6.45, 7) is 1.79. The molecule has 2 aromatic rings. The van der Waals surface area contributed by atoms with E-state index >= 15 is 0 Å². The minimum absolute atomic E-state index is 0.0719. The van der Waals surface area contributed by atoms with E-state index < -0.39 is 42.0 Å². The van der Waals surface area contributed by atoms with Gasteiger partial charge < -0.3 is 15.4 Å². The molecule has 0 bridgehead atoms. The number of carbonyl (C=O) groups excluding carboxylic acids is 1. The van der Waals surface area contributed by atoms with Crippen LogP contribution in [0.15, 0.2) is 27.8 Å². The molecule has 1 heterocycles. The molecule has 10 heteroatoms. The third-order valence-electron chi connectivity index (χ3n) is 3.58. The molecule has 1 atom stereocenters. The molecule has 1 unspecified atom stereocenters. The molecule has 134 valence electrons. The number of hydrogen-bond donors (Lipinski definition) is 3. The summed E-state index contributed by atoms with van der Waals surface area (Å²) in [6, 6.07) is 1.99. The van der Waals surface area contributed by atoms with E-state index in [1.54, 1.807) is 6.92 Å². The summed E-state index contributed by atoms with van der Waals surface area (Å²) >= 11 is 0. The van der Waals surface area contributed by atoms with Gasteiger partial charge in [0.1, 0.15) is 6.04 Å². The van der Waals surface area contributed by atoms with Crippen LogP contribution in [0.5, 0.6) is 0 Å². The van der Waals surface area contributed by atoms with Gasteiger partial charge in [0.15, 0.2) is 0 Å². The van der Waals surface area contributed by atoms with Gasteiger partial charge in [-0.2, -0.15) is 0 Å². The van der Waals surface area contributed by atoms with Gasteiger partial charge in [-0.3, -0.25) is 14.2 Å². The van der Waals surface area contributed by atoms with Gasteiger partial charge in [-0.1, -0.05) is 0 Å². The number of nitrogens with zero attached hydrogens (tertiary/aromatic N) is 1. The van der Waals surface area contributed by atoms with E-state index in [0.29, 0.717) is 0 Å². The Labute approximate surface area is 139 Å². The Kier molecular flexibility index (Phi) is 5.30. The lowest BCUT2D eigenvalue weighted by Crippen LogP contribution is -2.42. The van der Waals surface area contributed by atoms with Crippen molar-refractivity contribution in [1.82, 2.24) is 14.9 Å². The predicted octanol–water partition coefficient (Wildman–Crippen LogP) is 0.548. The molecule has 2 rings (SSSR count). The Morgan fingerprint density at radius 1 is 1.32 bits per heavy atom. The number of nitrogens with one attached hydrogen (secondary N) is 2. The highest BCUT2D eigenvalue weighted by atomic mass is 19.3. The Morgan fingerprint density at radius 3 is 2.56 bits per heavy atom. The summed E-state index contributed by atoms with van der Waals surface area (Å²) in [5, 5.41) is 11.0. The Hall–Kier alpha value is -3.04. The van der Waals surface area contributed by atoms with Crippen molar-refractivity contribution in [2.45, 2.75) is 32.4 Å².